The maximum Gasteiger partial charge on any atom is 0.236 e. The summed E-state index contributed by atoms with van der Waals surface area (Å²) < 4.78 is 35.3. The molecule has 1 fully saturated rings. The lowest BCUT2D eigenvalue weighted by molar-refractivity contribution is 0.415. The molecule has 0 amide bonds. The van der Waals surface area contributed by atoms with E-state index in [0.29, 0.717) is 29.8 Å². The predicted molar refractivity (Wildman–Crippen MR) is 108 cm³/mol. The molecule has 0 atom stereocenters. The fourth-order valence-electron chi connectivity index (χ4n) is 3.67. The molecule has 28 heavy (non-hydrogen) atoms. The number of ether oxygens (including phenoxy) is 1. The zero-order valence-electron chi connectivity index (χ0n) is 15.9. The normalized spacial score (nSPS) is 15.6. The molecule has 4 rings (SSSR count). The van der Waals surface area contributed by atoms with Crippen molar-refractivity contribution < 1.29 is 13.2 Å². The van der Waals surface area contributed by atoms with Gasteiger partial charge in [0.2, 0.25) is 10.0 Å². The van der Waals surface area contributed by atoms with Crippen LogP contribution in [0.2, 0.25) is 0 Å². The summed E-state index contributed by atoms with van der Waals surface area (Å²) in [7, 11) is -0.0472. The molecule has 1 N–H and O–H groups in total. The fraction of sp³-hybridized carbons (Fsp3) is 0.421. The molecule has 148 valence electrons. The molecule has 1 aliphatic carbocycles. The van der Waals surface area contributed by atoms with Crippen molar-refractivity contribution in [3.05, 3.63) is 30.6 Å². The van der Waals surface area contributed by atoms with E-state index in [-0.39, 0.29) is 11.1 Å². The molecule has 1 aliphatic rings. The number of benzene rings is 1. The molecular formula is C19H23N5O3S. The highest BCUT2D eigenvalue weighted by atomic mass is 32.2. The first-order valence-electron chi connectivity index (χ1n) is 9.33. The molecular weight excluding hydrogens is 378 g/mol. The molecule has 1 aromatic carbocycles. The topological polar surface area (TPSA) is 99.0 Å². The average Bonchev–Trinajstić information content (AvgIpc) is 3.06. The average molecular weight is 401 g/mol. The number of hydrogen-bond acceptors (Lipinski definition) is 6. The first kappa shape index (κ1) is 18.7. The summed E-state index contributed by atoms with van der Waals surface area (Å²) in [6, 6.07) is 7.51. The van der Waals surface area contributed by atoms with Gasteiger partial charge in [-0.3, -0.25) is 4.72 Å². The smallest absolute Gasteiger partial charge is 0.236 e. The fourth-order valence-corrected chi connectivity index (χ4v) is 5.21. The highest BCUT2D eigenvalue weighted by Gasteiger charge is 2.28. The van der Waals surface area contributed by atoms with Gasteiger partial charge in [0.25, 0.3) is 0 Å². The summed E-state index contributed by atoms with van der Waals surface area (Å²) in [5.74, 6) is 1.66. The summed E-state index contributed by atoms with van der Waals surface area (Å²) in [5, 5.41) is -0.379. The summed E-state index contributed by atoms with van der Waals surface area (Å²) in [6.07, 6.45) is 5.70. The van der Waals surface area contributed by atoms with E-state index in [1.54, 1.807) is 7.11 Å². The number of anilines is 1. The number of nitrogens with one attached hydrogen (secondary N) is 1. The van der Waals surface area contributed by atoms with Crippen LogP contribution in [-0.4, -0.2) is 40.3 Å². The maximum atomic E-state index is 12.8. The van der Waals surface area contributed by atoms with Crippen molar-refractivity contribution >= 4 is 27.0 Å². The lowest BCUT2D eigenvalue weighted by Gasteiger charge is -2.22. The van der Waals surface area contributed by atoms with Gasteiger partial charge < -0.3 is 9.30 Å². The van der Waals surface area contributed by atoms with Crippen LogP contribution in [0.15, 0.2) is 30.6 Å². The molecule has 1 saturated carbocycles. The predicted octanol–water partition coefficient (Wildman–Crippen LogP) is 3.11. The first-order chi connectivity index (χ1) is 13.5. The molecule has 0 spiro atoms. The SMILES string of the molecule is COc1ccc(-c2nc3c(NS(=O)(=O)C4CCCCC4)ncnc3n2C)cc1. The molecule has 8 nitrogen and oxygen atoms in total. The van der Waals surface area contributed by atoms with Crippen LogP contribution in [0, 0.1) is 0 Å². The van der Waals surface area contributed by atoms with Crippen molar-refractivity contribution in [3.63, 3.8) is 0 Å². The van der Waals surface area contributed by atoms with Gasteiger partial charge in [-0.25, -0.2) is 23.4 Å². The Labute approximate surface area is 164 Å². The van der Waals surface area contributed by atoms with E-state index in [0.717, 1.165) is 30.6 Å². The summed E-state index contributed by atoms with van der Waals surface area (Å²) >= 11 is 0. The van der Waals surface area contributed by atoms with Crippen molar-refractivity contribution in [3.8, 4) is 17.1 Å². The van der Waals surface area contributed by atoms with Gasteiger partial charge in [-0.05, 0) is 37.1 Å². The van der Waals surface area contributed by atoms with Crippen LogP contribution in [-0.2, 0) is 17.1 Å². The van der Waals surface area contributed by atoms with E-state index >= 15 is 0 Å². The number of hydrogen-bond donors (Lipinski definition) is 1. The van der Waals surface area contributed by atoms with Gasteiger partial charge in [0, 0.05) is 12.6 Å². The number of imidazole rings is 1. The van der Waals surface area contributed by atoms with Crippen LogP contribution >= 0.6 is 0 Å². The minimum absolute atomic E-state index is 0.228. The lowest BCUT2D eigenvalue weighted by atomic mass is 10.0. The Hall–Kier alpha value is -2.68. The van der Waals surface area contributed by atoms with E-state index in [4.69, 9.17) is 4.74 Å². The Morgan fingerprint density at radius 2 is 1.82 bits per heavy atom. The Morgan fingerprint density at radius 1 is 1.11 bits per heavy atom. The van der Waals surface area contributed by atoms with Crippen LogP contribution in [0.25, 0.3) is 22.6 Å². The van der Waals surface area contributed by atoms with Crippen molar-refractivity contribution in [2.75, 3.05) is 11.8 Å². The number of fused-ring (bicyclic) bond motifs is 1. The molecule has 3 aromatic rings. The number of nitrogens with zero attached hydrogens (tertiary/aromatic N) is 4. The second-order valence-corrected chi connectivity index (χ2v) is 8.99. The van der Waals surface area contributed by atoms with E-state index in [1.807, 2.05) is 35.9 Å². The largest absolute Gasteiger partial charge is 0.497 e. The van der Waals surface area contributed by atoms with Crippen molar-refractivity contribution in [1.82, 2.24) is 19.5 Å². The molecule has 0 saturated heterocycles. The van der Waals surface area contributed by atoms with Gasteiger partial charge in [-0.15, -0.1) is 0 Å². The van der Waals surface area contributed by atoms with E-state index in [1.165, 1.54) is 6.33 Å². The number of rotatable bonds is 5. The molecule has 0 bridgehead atoms. The van der Waals surface area contributed by atoms with E-state index in [2.05, 4.69) is 19.7 Å². The third-order valence-corrected chi connectivity index (χ3v) is 7.06. The van der Waals surface area contributed by atoms with Gasteiger partial charge in [0.05, 0.1) is 12.4 Å². The minimum atomic E-state index is -3.51. The number of sulfonamides is 1. The van der Waals surface area contributed by atoms with Crippen molar-refractivity contribution in [2.45, 2.75) is 37.4 Å². The van der Waals surface area contributed by atoms with Crippen LogP contribution in [0.3, 0.4) is 0 Å². The lowest BCUT2D eigenvalue weighted by Crippen LogP contribution is -2.30. The highest BCUT2D eigenvalue weighted by Crippen LogP contribution is 2.29. The summed E-state index contributed by atoms with van der Waals surface area (Å²) in [6.45, 7) is 0. The zero-order valence-corrected chi connectivity index (χ0v) is 16.7. The molecule has 0 radical (unpaired) electrons. The van der Waals surface area contributed by atoms with Gasteiger partial charge >= 0.3 is 0 Å². The number of aromatic nitrogens is 4. The second kappa shape index (κ2) is 7.38. The quantitative estimate of drug-likeness (QED) is 0.705. The minimum Gasteiger partial charge on any atom is -0.497 e. The molecule has 2 aromatic heterocycles. The Bertz CT molecular complexity index is 1090. The van der Waals surface area contributed by atoms with Gasteiger partial charge in [-0.1, -0.05) is 19.3 Å². The standard InChI is InChI=1S/C19H23N5O3S/c1-24-18(13-8-10-14(27-2)11-9-13)22-16-17(20-12-21-19(16)24)23-28(25,26)15-6-4-3-5-7-15/h8-12,15H,3-7H2,1-2H3,(H,20,21,23). The van der Waals surface area contributed by atoms with Crippen LogP contribution in [0.5, 0.6) is 5.75 Å². The Kier molecular flexibility index (Phi) is 4.92. The van der Waals surface area contributed by atoms with E-state index < -0.39 is 10.0 Å². The van der Waals surface area contributed by atoms with Crippen molar-refractivity contribution in [1.29, 1.82) is 0 Å². The maximum absolute atomic E-state index is 12.8. The Morgan fingerprint density at radius 3 is 2.50 bits per heavy atom. The van der Waals surface area contributed by atoms with Crippen molar-refractivity contribution in [2.24, 2.45) is 7.05 Å². The molecule has 0 unspecified atom stereocenters. The summed E-state index contributed by atoms with van der Waals surface area (Å²) in [4.78, 5) is 13.1. The first-order valence-corrected chi connectivity index (χ1v) is 10.9. The highest BCUT2D eigenvalue weighted by molar-refractivity contribution is 7.93. The van der Waals surface area contributed by atoms with Gasteiger partial charge in [-0.2, -0.15) is 0 Å². The zero-order chi connectivity index (χ0) is 19.7. The van der Waals surface area contributed by atoms with E-state index in [9.17, 15) is 8.42 Å². The van der Waals surface area contributed by atoms with Gasteiger partial charge in [0.1, 0.15) is 17.9 Å². The van der Waals surface area contributed by atoms with Crippen LogP contribution in [0.1, 0.15) is 32.1 Å². The number of aryl methyl sites for hydroxylation is 1. The van der Waals surface area contributed by atoms with Crippen LogP contribution < -0.4 is 9.46 Å². The molecule has 9 heteroatoms. The third-order valence-electron chi connectivity index (χ3n) is 5.23. The second-order valence-electron chi connectivity index (χ2n) is 7.02. The monoisotopic (exact) mass is 401 g/mol. The molecule has 2 heterocycles. The molecule has 0 aliphatic heterocycles. The Balaban J connectivity index is 1.72. The van der Waals surface area contributed by atoms with Crippen LogP contribution in [0.4, 0.5) is 5.82 Å². The van der Waals surface area contributed by atoms with Gasteiger partial charge in [0.15, 0.2) is 17.0 Å². The third kappa shape index (κ3) is 3.42. The summed E-state index contributed by atoms with van der Waals surface area (Å²) in [5.41, 5.74) is 1.89. The number of methoxy groups -OCH3 is 1.